The number of hydrogen-bond donors (Lipinski definition) is 0. The summed E-state index contributed by atoms with van der Waals surface area (Å²) in [6, 6.07) is 4.10. The Kier molecular flexibility index (Phi) is 12.5. The number of aryl methyl sites for hydroxylation is 2. The fraction of sp³-hybridized carbons (Fsp3) is 0.536. The minimum absolute atomic E-state index is 0.0539. The molecule has 4 heteroatoms. The summed E-state index contributed by atoms with van der Waals surface area (Å²) in [5, 5.41) is 0. The summed E-state index contributed by atoms with van der Waals surface area (Å²) < 4.78 is 5.36. The fourth-order valence-corrected chi connectivity index (χ4v) is 5.62. The molecule has 1 aromatic carbocycles. The Hall–Kier alpha value is -1.39. The number of thioether (sulfide) groups is 2. The van der Waals surface area contributed by atoms with E-state index in [2.05, 4.69) is 72.8 Å². The molecule has 0 aliphatic rings. The lowest BCUT2D eigenvalue weighted by Gasteiger charge is -2.24. The van der Waals surface area contributed by atoms with Crippen LogP contribution in [0.2, 0.25) is 0 Å². The number of rotatable bonds is 12. The molecule has 0 aromatic heterocycles. The maximum absolute atomic E-state index is 11.3. The summed E-state index contributed by atoms with van der Waals surface area (Å²) in [7, 11) is 0. The highest BCUT2D eigenvalue weighted by molar-refractivity contribution is 8.18. The summed E-state index contributed by atoms with van der Waals surface area (Å²) in [4.78, 5) is 12.5. The largest absolute Gasteiger partial charge is 0.426 e. The van der Waals surface area contributed by atoms with Crippen molar-refractivity contribution in [2.45, 2.75) is 97.0 Å². The lowest BCUT2D eigenvalue weighted by molar-refractivity contribution is -0.131. The molecule has 0 radical (unpaired) electrons. The third-order valence-electron chi connectivity index (χ3n) is 5.07. The molecule has 1 rings (SSSR count). The first-order valence-corrected chi connectivity index (χ1v) is 13.3. The van der Waals surface area contributed by atoms with E-state index < -0.39 is 0 Å². The van der Waals surface area contributed by atoms with E-state index in [1.807, 2.05) is 36.5 Å². The van der Waals surface area contributed by atoms with Gasteiger partial charge in [-0.2, -0.15) is 0 Å². The zero-order chi connectivity index (χ0) is 24.3. The molecule has 0 N–H and O–H groups in total. The number of benzene rings is 1. The van der Waals surface area contributed by atoms with Crippen molar-refractivity contribution in [2.24, 2.45) is 0 Å². The molecule has 32 heavy (non-hydrogen) atoms. The van der Waals surface area contributed by atoms with Crippen LogP contribution in [0.5, 0.6) is 5.75 Å². The first kappa shape index (κ1) is 28.6. The Morgan fingerprint density at radius 3 is 2.09 bits per heavy atom. The van der Waals surface area contributed by atoms with Crippen LogP contribution in [0.25, 0.3) is 0 Å². The predicted octanol–water partition coefficient (Wildman–Crippen LogP) is 9.21. The van der Waals surface area contributed by atoms with Crippen molar-refractivity contribution in [3.63, 3.8) is 0 Å². The second-order valence-electron chi connectivity index (χ2n) is 9.25. The maximum atomic E-state index is 11.3. The molecule has 0 aliphatic carbocycles. The Labute approximate surface area is 205 Å². The zero-order valence-electron chi connectivity index (χ0n) is 21.6. The molecule has 2 nitrogen and oxygen atoms in total. The summed E-state index contributed by atoms with van der Waals surface area (Å²) in [6.07, 6.45) is 11.7. The molecule has 0 saturated carbocycles. The zero-order valence-corrected chi connectivity index (χ0v) is 23.2. The predicted molar refractivity (Wildman–Crippen MR) is 145 cm³/mol. The van der Waals surface area contributed by atoms with Crippen LogP contribution >= 0.6 is 23.5 Å². The third-order valence-corrected chi connectivity index (χ3v) is 7.85. The standard InChI is InChI=1S/C28H42O2S2/c1-20(2)12-10-13-21(3)14-11-15-22(4)16-17-31-28(8,9)32-27-19-23(5)26(18-24(27)6)30-25(7)29/h12,14,16,18-19H,10-11,13,15,17H2,1-9H3. The molecule has 1 aromatic rings. The first-order valence-electron chi connectivity index (χ1n) is 11.5. The van der Waals surface area contributed by atoms with Gasteiger partial charge in [-0.15, -0.1) is 23.5 Å². The molecular weight excluding hydrogens is 432 g/mol. The fourth-order valence-electron chi connectivity index (χ4n) is 3.16. The van der Waals surface area contributed by atoms with Crippen LogP contribution in [0.3, 0.4) is 0 Å². The van der Waals surface area contributed by atoms with Crippen molar-refractivity contribution in [3.8, 4) is 5.75 Å². The topological polar surface area (TPSA) is 26.3 Å². The van der Waals surface area contributed by atoms with E-state index >= 15 is 0 Å². The number of hydrogen-bond acceptors (Lipinski definition) is 4. The molecule has 0 spiro atoms. The average molecular weight is 475 g/mol. The molecule has 0 unspecified atom stereocenters. The molecule has 0 atom stereocenters. The molecular formula is C28H42O2S2. The van der Waals surface area contributed by atoms with Gasteiger partial charge in [-0.25, -0.2) is 0 Å². The number of carbonyl (C=O) groups is 1. The van der Waals surface area contributed by atoms with E-state index in [4.69, 9.17) is 4.74 Å². The highest BCUT2D eigenvalue weighted by Crippen LogP contribution is 2.43. The van der Waals surface area contributed by atoms with Gasteiger partial charge in [-0.1, -0.05) is 34.9 Å². The van der Waals surface area contributed by atoms with Crippen LogP contribution in [0.1, 0.15) is 85.3 Å². The monoisotopic (exact) mass is 474 g/mol. The van der Waals surface area contributed by atoms with Crippen molar-refractivity contribution in [1.82, 2.24) is 0 Å². The highest BCUT2D eigenvalue weighted by Gasteiger charge is 2.21. The van der Waals surface area contributed by atoms with E-state index in [9.17, 15) is 4.79 Å². The van der Waals surface area contributed by atoms with Crippen LogP contribution in [0.4, 0.5) is 0 Å². The quantitative estimate of drug-likeness (QED) is 0.0991. The van der Waals surface area contributed by atoms with Crippen molar-refractivity contribution >= 4 is 29.5 Å². The van der Waals surface area contributed by atoms with Crippen LogP contribution < -0.4 is 4.74 Å². The SMILES string of the molecule is CC(=O)Oc1cc(C)c(SC(C)(C)SCC=C(C)CCC=C(C)CCC=C(C)C)cc1C. The minimum atomic E-state index is -0.277. The third kappa shape index (κ3) is 12.0. The summed E-state index contributed by atoms with van der Waals surface area (Å²) in [6.45, 7) is 18.9. The normalized spacial score (nSPS) is 12.7. The van der Waals surface area contributed by atoms with Gasteiger partial charge in [-0.05, 0) is 104 Å². The smallest absolute Gasteiger partial charge is 0.308 e. The Morgan fingerprint density at radius 1 is 0.906 bits per heavy atom. The van der Waals surface area contributed by atoms with Crippen molar-refractivity contribution < 1.29 is 9.53 Å². The van der Waals surface area contributed by atoms with Gasteiger partial charge in [0.2, 0.25) is 0 Å². The van der Waals surface area contributed by atoms with E-state index in [1.165, 1.54) is 28.5 Å². The summed E-state index contributed by atoms with van der Waals surface area (Å²) in [5.74, 6) is 1.39. The number of esters is 1. The summed E-state index contributed by atoms with van der Waals surface area (Å²) >= 11 is 3.84. The average Bonchev–Trinajstić information content (AvgIpc) is 2.64. The van der Waals surface area contributed by atoms with Crippen LogP contribution in [0.15, 0.2) is 52.0 Å². The Balaban J connectivity index is 2.55. The maximum Gasteiger partial charge on any atom is 0.308 e. The second-order valence-corrected chi connectivity index (χ2v) is 12.8. The Morgan fingerprint density at radius 2 is 1.50 bits per heavy atom. The van der Waals surface area contributed by atoms with Gasteiger partial charge in [0, 0.05) is 17.6 Å². The highest BCUT2D eigenvalue weighted by atomic mass is 32.2. The van der Waals surface area contributed by atoms with Crippen molar-refractivity contribution in [1.29, 1.82) is 0 Å². The van der Waals surface area contributed by atoms with Crippen molar-refractivity contribution in [2.75, 3.05) is 5.75 Å². The van der Waals surface area contributed by atoms with Crippen LogP contribution in [-0.4, -0.2) is 15.8 Å². The molecule has 0 amide bonds. The molecule has 0 heterocycles. The number of ether oxygens (including phenoxy) is 1. The molecule has 0 fully saturated rings. The van der Waals surface area contributed by atoms with Gasteiger partial charge in [-0.3, -0.25) is 4.79 Å². The lowest BCUT2D eigenvalue weighted by atomic mass is 10.1. The van der Waals surface area contributed by atoms with E-state index in [-0.39, 0.29) is 10.0 Å². The van der Waals surface area contributed by atoms with E-state index in [0.717, 1.165) is 42.6 Å². The van der Waals surface area contributed by atoms with Gasteiger partial charge in [0.15, 0.2) is 0 Å². The van der Waals surface area contributed by atoms with E-state index in [1.54, 1.807) is 0 Å². The first-order chi connectivity index (χ1) is 14.9. The van der Waals surface area contributed by atoms with Gasteiger partial charge in [0.05, 0.1) is 4.08 Å². The lowest BCUT2D eigenvalue weighted by Crippen LogP contribution is -2.10. The van der Waals surface area contributed by atoms with Gasteiger partial charge in [0.1, 0.15) is 5.75 Å². The molecule has 0 aliphatic heterocycles. The molecule has 0 saturated heterocycles. The van der Waals surface area contributed by atoms with Gasteiger partial charge < -0.3 is 4.74 Å². The van der Waals surface area contributed by atoms with E-state index in [0.29, 0.717) is 5.75 Å². The number of allylic oxidation sites excluding steroid dienone is 5. The van der Waals surface area contributed by atoms with Gasteiger partial charge in [0.25, 0.3) is 0 Å². The second kappa shape index (κ2) is 14.0. The molecule has 178 valence electrons. The van der Waals surface area contributed by atoms with Crippen LogP contribution in [-0.2, 0) is 4.79 Å². The van der Waals surface area contributed by atoms with Crippen LogP contribution in [0, 0.1) is 13.8 Å². The Bertz CT molecular complexity index is 856. The number of carbonyl (C=O) groups excluding carboxylic acids is 1. The van der Waals surface area contributed by atoms with Gasteiger partial charge >= 0.3 is 5.97 Å². The minimum Gasteiger partial charge on any atom is -0.426 e. The summed E-state index contributed by atoms with van der Waals surface area (Å²) in [5.41, 5.74) is 6.49. The van der Waals surface area contributed by atoms with Crippen molar-refractivity contribution in [3.05, 3.63) is 58.2 Å². The molecule has 0 bridgehead atoms.